The SMILES string of the molecule is COc1ccc(CCNCCNC(C)C)cc1F. The van der Waals surface area contributed by atoms with Crippen LogP contribution in [0.4, 0.5) is 4.39 Å². The average molecular weight is 254 g/mol. The quantitative estimate of drug-likeness (QED) is 0.696. The molecule has 3 nitrogen and oxygen atoms in total. The molecule has 0 aliphatic heterocycles. The molecule has 0 spiro atoms. The van der Waals surface area contributed by atoms with Gasteiger partial charge in [0, 0.05) is 19.1 Å². The summed E-state index contributed by atoms with van der Waals surface area (Å²) in [6.45, 7) is 6.98. The summed E-state index contributed by atoms with van der Waals surface area (Å²) in [6.07, 6.45) is 0.822. The summed E-state index contributed by atoms with van der Waals surface area (Å²) in [7, 11) is 1.47. The van der Waals surface area contributed by atoms with E-state index in [1.54, 1.807) is 6.07 Å². The third-order valence-corrected chi connectivity index (χ3v) is 2.66. The zero-order valence-corrected chi connectivity index (χ0v) is 11.4. The fourth-order valence-corrected chi connectivity index (χ4v) is 1.67. The van der Waals surface area contributed by atoms with E-state index in [0.717, 1.165) is 31.6 Å². The van der Waals surface area contributed by atoms with Crippen LogP contribution in [0.3, 0.4) is 0 Å². The first-order valence-corrected chi connectivity index (χ1v) is 6.40. The molecule has 0 atom stereocenters. The minimum atomic E-state index is -0.295. The van der Waals surface area contributed by atoms with Crippen molar-refractivity contribution in [2.24, 2.45) is 0 Å². The molecule has 0 radical (unpaired) electrons. The van der Waals surface area contributed by atoms with Crippen molar-refractivity contribution in [3.05, 3.63) is 29.6 Å². The van der Waals surface area contributed by atoms with Crippen molar-refractivity contribution in [3.63, 3.8) is 0 Å². The predicted octanol–water partition coefficient (Wildman–Crippen LogP) is 1.96. The molecule has 1 aromatic rings. The second-order valence-corrected chi connectivity index (χ2v) is 4.58. The molecule has 0 heterocycles. The Labute approximate surface area is 109 Å². The molecule has 0 saturated carbocycles. The third kappa shape index (κ3) is 5.47. The number of methoxy groups -OCH3 is 1. The van der Waals surface area contributed by atoms with E-state index in [0.29, 0.717) is 11.8 Å². The van der Waals surface area contributed by atoms with E-state index >= 15 is 0 Å². The lowest BCUT2D eigenvalue weighted by atomic mass is 10.1. The Bertz CT molecular complexity index is 356. The molecule has 0 unspecified atom stereocenters. The number of ether oxygens (including phenoxy) is 1. The molecule has 0 fully saturated rings. The van der Waals surface area contributed by atoms with Crippen LogP contribution >= 0.6 is 0 Å². The van der Waals surface area contributed by atoms with Gasteiger partial charge in [-0.25, -0.2) is 4.39 Å². The zero-order chi connectivity index (χ0) is 13.4. The summed E-state index contributed by atoms with van der Waals surface area (Å²) in [5.41, 5.74) is 0.984. The molecule has 1 aromatic carbocycles. The number of nitrogens with one attached hydrogen (secondary N) is 2. The van der Waals surface area contributed by atoms with Gasteiger partial charge in [0.2, 0.25) is 0 Å². The van der Waals surface area contributed by atoms with Crippen molar-refractivity contribution < 1.29 is 9.13 Å². The van der Waals surface area contributed by atoms with E-state index in [1.807, 2.05) is 6.07 Å². The van der Waals surface area contributed by atoms with Crippen LogP contribution in [0, 0.1) is 5.82 Å². The summed E-state index contributed by atoms with van der Waals surface area (Å²) in [4.78, 5) is 0. The molecule has 0 aromatic heterocycles. The highest BCUT2D eigenvalue weighted by molar-refractivity contribution is 5.29. The van der Waals surface area contributed by atoms with Crippen LogP contribution in [0.1, 0.15) is 19.4 Å². The summed E-state index contributed by atoms with van der Waals surface area (Å²) in [5.74, 6) is 0.00400. The Morgan fingerprint density at radius 2 is 2.00 bits per heavy atom. The van der Waals surface area contributed by atoms with E-state index in [9.17, 15) is 4.39 Å². The van der Waals surface area contributed by atoms with Crippen LogP contribution in [-0.4, -0.2) is 32.8 Å². The van der Waals surface area contributed by atoms with Gasteiger partial charge in [-0.15, -0.1) is 0 Å². The molecule has 0 aliphatic rings. The highest BCUT2D eigenvalue weighted by Gasteiger charge is 2.02. The molecule has 18 heavy (non-hydrogen) atoms. The van der Waals surface area contributed by atoms with Gasteiger partial charge in [-0.05, 0) is 30.7 Å². The first kappa shape index (κ1) is 14.9. The number of hydrogen-bond acceptors (Lipinski definition) is 3. The van der Waals surface area contributed by atoms with Gasteiger partial charge in [-0.3, -0.25) is 0 Å². The standard InChI is InChI=1S/C14H23FN2O/c1-11(2)17-9-8-16-7-6-12-4-5-14(18-3)13(15)10-12/h4-5,10-11,16-17H,6-9H2,1-3H3. The van der Waals surface area contributed by atoms with Crippen LogP contribution in [0.25, 0.3) is 0 Å². The second kappa shape index (κ2) is 8.06. The topological polar surface area (TPSA) is 33.3 Å². The fraction of sp³-hybridized carbons (Fsp3) is 0.571. The van der Waals surface area contributed by atoms with E-state index in [2.05, 4.69) is 24.5 Å². The summed E-state index contributed by atoms with van der Waals surface area (Å²) < 4.78 is 18.3. The summed E-state index contributed by atoms with van der Waals surface area (Å²) in [5, 5.41) is 6.65. The van der Waals surface area contributed by atoms with Gasteiger partial charge in [-0.2, -0.15) is 0 Å². The Morgan fingerprint density at radius 1 is 1.22 bits per heavy atom. The van der Waals surface area contributed by atoms with E-state index in [1.165, 1.54) is 13.2 Å². The van der Waals surface area contributed by atoms with Crippen molar-refractivity contribution in [2.75, 3.05) is 26.7 Å². The van der Waals surface area contributed by atoms with Crippen LogP contribution in [0.15, 0.2) is 18.2 Å². The minimum absolute atomic E-state index is 0.295. The van der Waals surface area contributed by atoms with Gasteiger partial charge >= 0.3 is 0 Å². The van der Waals surface area contributed by atoms with Crippen molar-refractivity contribution in [1.29, 1.82) is 0 Å². The normalized spacial score (nSPS) is 10.9. The number of halogens is 1. The Kier molecular flexibility index (Phi) is 6.68. The fourth-order valence-electron chi connectivity index (χ4n) is 1.67. The highest BCUT2D eigenvalue weighted by atomic mass is 19.1. The largest absolute Gasteiger partial charge is 0.494 e. The predicted molar refractivity (Wildman–Crippen MR) is 72.7 cm³/mol. The maximum Gasteiger partial charge on any atom is 0.165 e. The van der Waals surface area contributed by atoms with Gasteiger partial charge in [0.15, 0.2) is 11.6 Å². The second-order valence-electron chi connectivity index (χ2n) is 4.58. The monoisotopic (exact) mass is 254 g/mol. The Morgan fingerprint density at radius 3 is 2.61 bits per heavy atom. The van der Waals surface area contributed by atoms with Crippen LogP contribution in [0.2, 0.25) is 0 Å². The smallest absolute Gasteiger partial charge is 0.165 e. The van der Waals surface area contributed by atoms with E-state index in [-0.39, 0.29) is 5.82 Å². The maximum absolute atomic E-state index is 13.4. The van der Waals surface area contributed by atoms with E-state index in [4.69, 9.17) is 4.74 Å². The molecule has 1 rings (SSSR count). The summed E-state index contributed by atoms with van der Waals surface area (Å²) >= 11 is 0. The first-order chi connectivity index (χ1) is 8.63. The molecular weight excluding hydrogens is 231 g/mol. The van der Waals surface area contributed by atoms with Gasteiger partial charge in [0.1, 0.15) is 0 Å². The molecule has 0 bridgehead atoms. The van der Waals surface area contributed by atoms with Crippen molar-refractivity contribution in [1.82, 2.24) is 10.6 Å². The zero-order valence-electron chi connectivity index (χ0n) is 11.4. The first-order valence-electron chi connectivity index (χ1n) is 6.40. The highest BCUT2D eigenvalue weighted by Crippen LogP contribution is 2.17. The van der Waals surface area contributed by atoms with Gasteiger partial charge in [0.05, 0.1) is 7.11 Å². The molecule has 0 saturated heterocycles. The van der Waals surface area contributed by atoms with Gasteiger partial charge in [-0.1, -0.05) is 19.9 Å². The number of hydrogen-bond donors (Lipinski definition) is 2. The van der Waals surface area contributed by atoms with Crippen LogP contribution in [-0.2, 0) is 6.42 Å². The maximum atomic E-state index is 13.4. The minimum Gasteiger partial charge on any atom is -0.494 e. The van der Waals surface area contributed by atoms with Crippen LogP contribution < -0.4 is 15.4 Å². The molecule has 102 valence electrons. The number of benzene rings is 1. The van der Waals surface area contributed by atoms with Crippen molar-refractivity contribution in [2.45, 2.75) is 26.3 Å². The Hall–Kier alpha value is -1.13. The van der Waals surface area contributed by atoms with Gasteiger partial charge < -0.3 is 15.4 Å². The summed E-state index contributed by atoms with van der Waals surface area (Å²) in [6, 6.07) is 5.62. The molecule has 0 aliphatic carbocycles. The lowest BCUT2D eigenvalue weighted by Gasteiger charge is -2.09. The van der Waals surface area contributed by atoms with Crippen molar-refractivity contribution in [3.8, 4) is 5.75 Å². The van der Waals surface area contributed by atoms with E-state index < -0.39 is 0 Å². The average Bonchev–Trinajstić information content (AvgIpc) is 2.33. The molecule has 4 heteroatoms. The van der Waals surface area contributed by atoms with Gasteiger partial charge in [0.25, 0.3) is 0 Å². The lowest BCUT2D eigenvalue weighted by molar-refractivity contribution is 0.386. The number of rotatable bonds is 8. The van der Waals surface area contributed by atoms with Crippen molar-refractivity contribution >= 4 is 0 Å². The Balaban J connectivity index is 2.21. The lowest BCUT2D eigenvalue weighted by Crippen LogP contribution is -2.32. The molecule has 2 N–H and O–H groups in total. The molecular formula is C14H23FN2O. The van der Waals surface area contributed by atoms with Crippen LogP contribution in [0.5, 0.6) is 5.75 Å². The third-order valence-electron chi connectivity index (χ3n) is 2.66. The molecule has 0 amide bonds.